The van der Waals surface area contributed by atoms with Crippen molar-refractivity contribution in [1.29, 1.82) is 0 Å². The second kappa shape index (κ2) is 10.9. The molecule has 0 unspecified atom stereocenters. The van der Waals surface area contributed by atoms with E-state index in [2.05, 4.69) is 130 Å². The first kappa shape index (κ1) is 27.3. The van der Waals surface area contributed by atoms with Crippen molar-refractivity contribution in [1.82, 2.24) is 0 Å². The summed E-state index contributed by atoms with van der Waals surface area (Å²) in [5, 5.41) is 0. The zero-order valence-electron chi connectivity index (χ0n) is 24.7. The van der Waals surface area contributed by atoms with Crippen LogP contribution >= 0.6 is 0 Å². The van der Waals surface area contributed by atoms with E-state index in [4.69, 9.17) is 9.98 Å². The molecule has 0 aliphatic rings. The van der Waals surface area contributed by atoms with E-state index in [0.717, 1.165) is 22.8 Å². The first-order chi connectivity index (χ1) is 18.0. The van der Waals surface area contributed by atoms with Crippen LogP contribution < -0.4 is 0 Å². The van der Waals surface area contributed by atoms with Gasteiger partial charge in [0.1, 0.15) is 0 Å². The molecule has 0 aliphatic carbocycles. The Morgan fingerprint density at radius 2 is 0.763 bits per heavy atom. The van der Waals surface area contributed by atoms with Gasteiger partial charge in [-0.2, -0.15) is 0 Å². The van der Waals surface area contributed by atoms with Crippen LogP contribution in [0, 0.1) is 55.4 Å². The first-order valence-corrected chi connectivity index (χ1v) is 13.4. The molecule has 0 spiro atoms. The van der Waals surface area contributed by atoms with E-state index in [0.29, 0.717) is 0 Å². The molecule has 0 bridgehead atoms. The molecule has 2 heteroatoms. The predicted molar refractivity (Wildman–Crippen MR) is 167 cm³/mol. The van der Waals surface area contributed by atoms with Gasteiger partial charge in [-0.3, -0.25) is 9.98 Å². The van der Waals surface area contributed by atoms with Gasteiger partial charge in [0.25, 0.3) is 0 Å². The van der Waals surface area contributed by atoms with Crippen molar-refractivity contribution in [3.05, 3.63) is 105 Å². The van der Waals surface area contributed by atoms with Gasteiger partial charge >= 0.3 is 0 Å². The van der Waals surface area contributed by atoms with Crippen LogP contribution in [0.1, 0.15) is 58.4 Å². The van der Waals surface area contributed by atoms with E-state index in [1.807, 2.05) is 0 Å². The first-order valence-electron chi connectivity index (χ1n) is 13.4. The lowest BCUT2D eigenvalue weighted by Gasteiger charge is -2.17. The van der Waals surface area contributed by atoms with Gasteiger partial charge in [-0.1, -0.05) is 59.7 Å². The Morgan fingerprint density at radius 3 is 1.08 bits per heavy atom. The maximum atomic E-state index is 5.22. The van der Waals surface area contributed by atoms with Gasteiger partial charge in [0, 0.05) is 11.1 Å². The Hall–Kier alpha value is -3.78. The molecule has 2 nitrogen and oxygen atoms in total. The summed E-state index contributed by atoms with van der Waals surface area (Å²) in [5.41, 5.74) is 18.7. The summed E-state index contributed by atoms with van der Waals surface area (Å²) in [6.45, 7) is 21.5. The van der Waals surface area contributed by atoms with Crippen LogP contribution in [-0.2, 0) is 0 Å². The highest BCUT2D eigenvalue weighted by atomic mass is 14.8. The summed E-state index contributed by atoms with van der Waals surface area (Å²) in [6, 6.07) is 22.0. The summed E-state index contributed by atoms with van der Waals surface area (Å²) >= 11 is 0. The van der Waals surface area contributed by atoms with E-state index < -0.39 is 0 Å². The van der Waals surface area contributed by atoms with Gasteiger partial charge in [-0.05, 0) is 126 Å². The number of aryl methyl sites for hydroxylation is 8. The molecular formula is C36H40N2. The lowest BCUT2D eigenvalue weighted by atomic mass is 9.91. The van der Waals surface area contributed by atoms with Crippen LogP contribution in [0.3, 0.4) is 0 Å². The van der Waals surface area contributed by atoms with Gasteiger partial charge < -0.3 is 0 Å². The number of hydrogen-bond donors (Lipinski definition) is 0. The highest BCUT2D eigenvalue weighted by Crippen LogP contribution is 2.40. The molecule has 0 atom stereocenters. The van der Waals surface area contributed by atoms with Gasteiger partial charge in [0.2, 0.25) is 0 Å². The van der Waals surface area contributed by atoms with Crippen molar-refractivity contribution in [3.63, 3.8) is 0 Å². The number of nitrogens with zero attached hydrogens (tertiary/aromatic N) is 2. The van der Waals surface area contributed by atoms with Crippen molar-refractivity contribution in [2.45, 2.75) is 69.2 Å². The Morgan fingerprint density at radius 1 is 0.447 bits per heavy atom. The van der Waals surface area contributed by atoms with Crippen molar-refractivity contribution < 1.29 is 0 Å². The third kappa shape index (κ3) is 5.41. The SMILES string of the molecule is CC(=Nc1c(C)cc(C)cc1-c1c(C)cccc1C)C(C)=Nc1c(C)cc(C)cc1-c1c(C)cccc1C. The number of rotatable bonds is 5. The third-order valence-electron chi connectivity index (χ3n) is 7.47. The minimum Gasteiger partial charge on any atom is -0.251 e. The second-order valence-corrected chi connectivity index (χ2v) is 10.9. The zero-order valence-corrected chi connectivity index (χ0v) is 24.7. The Balaban J connectivity index is 1.89. The molecule has 4 aromatic carbocycles. The number of aliphatic imine (C=N–C) groups is 2. The number of benzene rings is 4. The van der Waals surface area contributed by atoms with Crippen molar-refractivity contribution in [2.75, 3.05) is 0 Å². The lowest BCUT2D eigenvalue weighted by Crippen LogP contribution is -2.06. The molecule has 0 amide bonds. The largest absolute Gasteiger partial charge is 0.251 e. The Bertz CT molecular complexity index is 1440. The van der Waals surface area contributed by atoms with E-state index >= 15 is 0 Å². The average Bonchev–Trinajstić information content (AvgIpc) is 2.82. The Labute approximate surface area is 229 Å². The molecule has 38 heavy (non-hydrogen) atoms. The molecule has 0 radical (unpaired) electrons. The molecule has 0 heterocycles. The summed E-state index contributed by atoms with van der Waals surface area (Å²) in [7, 11) is 0. The average molecular weight is 501 g/mol. The van der Waals surface area contributed by atoms with Crippen LogP contribution in [0.15, 0.2) is 70.6 Å². The van der Waals surface area contributed by atoms with Crippen molar-refractivity contribution >= 4 is 22.8 Å². The third-order valence-corrected chi connectivity index (χ3v) is 7.47. The van der Waals surface area contributed by atoms with Gasteiger partial charge in [-0.25, -0.2) is 0 Å². The summed E-state index contributed by atoms with van der Waals surface area (Å²) in [6.07, 6.45) is 0. The summed E-state index contributed by atoms with van der Waals surface area (Å²) in [5.74, 6) is 0. The fourth-order valence-corrected chi connectivity index (χ4v) is 5.57. The highest BCUT2D eigenvalue weighted by molar-refractivity contribution is 6.41. The van der Waals surface area contributed by atoms with E-state index in [-0.39, 0.29) is 0 Å². The molecule has 0 aliphatic heterocycles. The molecular weight excluding hydrogens is 460 g/mol. The molecule has 4 aromatic rings. The van der Waals surface area contributed by atoms with Crippen LogP contribution in [0.25, 0.3) is 22.3 Å². The summed E-state index contributed by atoms with van der Waals surface area (Å²) < 4.78 is 0. The summed E-state index contributed by atoms with van der Waals surface area (Å²) in [4.78, 5) is 10.4. The van der Waals surface area contributed by atoms with E-state index in [9.17, 15) is 0 Å². The van der Waals surface area contributed by atoms with Crippen LogP contribution in [-0.4, -0.2) is 11.4 Å². The monoisotopic (exact) mass is 500 g/mol. The molecule has 4 rings (SSSR count). The highest BCUT2D eigenvalue weighted by Gasteiger charge is 2.16. The fraction of sp³-hybridized carbons (Fsp3) is 0.278. The normalized spacial score (nSPS) is 12.3. The Kier molecular flexibility index (Phi) is 7.83. The van der Waals surface area contributed by atoms with Gasteiger partial charge in [0.05, 0.1) is 22.8 Å². The van der Waals surface area contributed by atoms with Gasteiger partial charge in [0.15, 0.2) is 0 Å². The fourth-order valence-electron chi connectivity index (χ4n) is 5.57. The standard InChI is InChI=1S/C36H40N2/c1-21-17-27(7)35(31(19-21)33-23(3)13-11-14-24(33)4)37-29(9)30(10)38-36-28(8)18-22(2)20-32(36)34-25(5)15-12-16-26(34)6/h11-20H,1-10H3. The minimum absolute atomic E-state index is 0.928. The van der Waals surface area contributed by atoms with Crippen LogP contribution in [0.5, 0.6) is 0 Å². The molecule has 0 N–H and O–H groups in total. The van der Waals surface area contributed by atoms with Crippen LogP contribution in [0.4, 0.5) is 11.4 Å². The second-order valence-electron chi connectivity index (χ2n) is 10.9. The molecule has 194 valence electrons. The maximum absolute atomic E-state index is 5.22. The quantitative estimate of drug-likeness (QED) is 0.243. The predicted octanol–water partition coefficient (Wildman–Crippen LogP) is 10.4. The maximum Gasteiger partial charge on any atom is 0.0741 e. The van der Waals surface area contributed by atoms with Crippen LogP contribution in [0.2, 0.25) is 0 Å². The topological polar surface area (TPSA) is 24.7 Å². The van der Waals surface area contributed by atoms with Crippen molar-refractivity contribution in [2.24, 2.45) is 9.98 Å². The minimum atomic E-state index is 0.928. The smallest absolute Gasteiger partial charge is 0.0741 e. The molecule has 0 fully saturated rings. The van der Waals surface area contributed by atoms with E-state index in [1.54, 1.807) is 0 Å². The number of hydrogen-bond acceptors (Lipinski definition) is 2. The van der Waals surface area contributed by atoms with Gasteiger partial charge in [-0.15, -0.1) is 0 Å². The van der Waals surface area contributed by atoms with Crippen molar-refractivity contribution in [3.8, 4) is 22.3 Å². The molecule has 0 saturated carbocycles. The molecule has 0 saturated heterocycles. The van der Waals surface area contributed by atoms with E-state index in [1.165, 1.54) is 66.8 Å². The molecule has 0 aromatic heterocycles. The lowest BCUT2D eigenvalue weighted by molar-refractivity contribution is 1.31. The zero-order chi connectivity index (χ0) is 27.7.